The molecule has 4 aromatic rings. The van der Waals surface area contributed by atoms with Crippen molar-refractivity contribution in [3.05, 3.63) is 78.2 Å². The smallest absolute Gasteiger partial charge is 0.338 e. The van der Waals surface area contributed by atoms with E-state index in [0.717, 1.165) is 61.7 Å². The molecule has 2 saturated heterocycles. The van der Waals surface area contributed by atoms with Gasteiger partial charge in [-0.2, -0.15) is 0 Å². The fourth-order valence-electron chi connectivity index (χ4n) is 11.8. The van der Waals surface area contributed by atoms with Crippen LogP contribution in [-0.4, -0.2) is 193 Å². The van der Waals surface area contributed by atoms with Gasteiger partial charge in [0.15, 0.2) is 24.8 Å². The number of fused-ring (bicyclic) bond motifs is 1. The minimum Gasteiger partial charge on any atom is -0.479 e. The second-order valence-electron chi connectivity index (χ2n) is 22.5. The summed E-state index contributed by atoms with van der Waals surface area (Å²) in [7, 11) is 0. The lowest BCUT2D eigenvalue weighted by atomic mass is 9.75. The number of aliphatic hydroxyl groups excluding tert-OH is 5. The summed E-state index contributed by atoms with van der Waals surface area (Å²) >= 11 is 0. The Kier molecular flexibility index (Phi) is 23.9. The second-order valence-corrected chi connectivity index (χ2v) is 22.5. The number of unbranched alkanes of at least 4 members (excludes halogenated alkanes) is 1. The highest BCUT2D eigenvalue weighted by Crippen LogP contribution is 2.40. The number of aliphatic carboxylic acids is 1. The number of nitrogens with two attached hydrogens (primary N) is 1. The number of anilines is 1. The number of rotatable bonds is 30. The van der Waals surface area contributed by atoms with Gasteiger partial charge in [0.1, 0.15) is 49.0 Å². The zero-order valence-corrected chi connectivity index (χ0v) is 47.4. The van der Waals surface area contributed by atoms with Gasteiger partial charge in [-0.25, -0.2) is 9.59 Å². The predicted molar refractivity (Wildman–Crippen MR) is 297 cm³/mol. The molecule has 9 N–H and O–H groups in total. The Morgan fingerprint density at radius 3 is 2.36 bits per heavy atom. The number of hydrogen-bond acceptors (Lipinski definition) is 20. The molecule has 4 heterocycles. The monoisotopic (exact) mass is 1160 g/mol. The first-order chi connectivity index (χ1) is 40.1. The number of Topliss-reactive ketones (excluding diaryl/α,β-unsaturated/α-hetero) is 1. The van der Waals surface area contributed by atoms with Crippen LogP contribution in [0.15, 0.2) is 67.0 Å². The number of aliphatic hydroxyl groups is 5. The molecular formula is C59H84N6O18. The van der Waals surface area contributed by atoms with Crippen molar-refractivity contribution in [1.29, 1.82) is 0 Å². The van der Waals surface area contributed by atoms with Crippen LogP contribution in [0, 0.1) is 17.8 Å². The van der Waals surface area contributed by atoms with Crippen molar-refractivity contribution < 1.29 is 87.7 Å². The van der Waals surface area contributed by atoms with Gasteiger partial charge >= 0.3 is 11.9 Å². The lowest BCUT2D eigenvalue weighted by Crippen LogP contribution is -2.64. The maximum atomic E-state index is 14.3. The summed E-state index contributed by atoms with van der Waals surface area (Å²) in [5, 5.41) is 77.8. The third kappa shape index (κ3) is 17.4. The normalized spacial score (nSPS) is 29.1. The van der Waals surface area contributed by atoms with Crippen LogP contribution >= 0.6 is 0 Å². The fraction of sp³-hybridized carbons (Fsp3) is 0.661. The third-order valence-electron chi connectivity index (χ3n) is 16.3. The molecule has 458 valence electrons. The number of nitrogens with one attached hydrogen (secondary N) is 1. The molecule has 2 saturated carbocycles. The molecule has 83 heavy (non-hydrogen) atoms. The molecule has 2 aliphatic heterocycles. The van der Waals surface area contributed by atoms with Gasteiger partial charge in [0.2, 0.25) is 5.91 Å². The van der Waals surface area contributed by atoms with Crippen LogP contribution < -0.4 is 11.1 Å². The average Bonchev–Trinajstić information content (AvgIpc) is 4.18. The van der Waals surface area contributed by atoms with Crippen molar-refractivity contribution in [1.82, 2.24) is 19.6 Å². The van der Waals surface area contributed by atoms with Gasteiger partial charge in [-0.15, -0.1) is 5.10 Å². The Hall–Kier alpha value is -5.32. The van der Waals surface area contributed by atoms with Crippen LogP contribution in [0.2, 0.25) is 0 Å². The van der Waals surface area contributed by atoms with Gasteiger partial charge in [-0.3, -0.25) is 14.3 Å². The molecule has 15 atom stereocenters. The van der Waals surface area contributed by atoms with E-state index in [1.54, 1.807) is 22.9 Å². The molecule has 0 radical (unpaired) electrons. The van der Waals surface area contributed by atoms with Crippen LogP contribution in [0.1, 0.15) is 107 Å². The van der Waals surface area contributed by atoms with E-state index in [4.69, 9.17) is 43.6 Å². The van der Waals surface area contributed by atoms with E-state index in [-0.39, 0.29) is 49.0 Å². The van der Waals surface area contributed by atoms with Gasteiger partial charge in [-0.05, 0) is 100 Å². The Bertz CT molecular complexity index is 2670. The summed E-state index contributed by atoms with van der Waals surface area (Å²) in [6, 6.07) is 15.8. The molecule has 2 aromatic heterocycles. The van der Waals surface area contributed by atoms with Crippen molar-refractivity contribution in [3.63, 3.8) is 0 Å². The third-order valence-corrected chi connectivity index (χ3v) is 16.3. The lowest BCUT2D eigenvalue weighted by molar-refractivity contribution is -0.349. The average molecular weight is 1170 g/mol. The summed E-state index contributed by atoms with van der Waals surface area (Å²) < 4.78 is 52.3. The van der Waals surface area contributed by atoms with E-state index < -0.39 is 110 Å². The number of aryl methyl sites for hydroxylation is 3. The van der Waals surface area contributed by atoms with Crippen LogP contribution in [0.25, 0.3) is 10.9 Å². The van der Waals surface area contributed by atoms with Gasteiger partial charge in [0.05, 0.1) is 56.0 Å². The summed E-state index contributed by atoms with van der Waals surface area (Å²) in [6.07, 6.45) is -6.89. The van der Waals surface area contributed by atoms with Crippen LogP contribution in [0.4, 0.5) is 5.69 Å². The summed E-state index contributed by atoms with van der Waals surface area (Å²) in [4.78, 5) is 53.5. The highest BCUT2D eigenvalue weighted by molar-refractivity contribution is 5.94. The van der Waals surface area contributed by atoms with Gasteiger partial charge in [-0.1, -0.05) is 62.4 Å². The highest BCUT2D eigenvalue weighted by atomic mass is 16.7. The number of carbonyl (C=O) groups excluding carboxylic acids is 3. The Morgan fingerprint density at radius 2 is 1.60 bits per heavy atom. The number of carbonyl (C=O) groups is 4. The number of ketones is 1. The number of ether oxygens (including phenoxy) is 8. The molecule has 1 amide bonds. The lowest BCUT2D eigenvalue weighted by Gasteiger charge is -2.48. The van der Waals surface area contributed by atoms with Crippen LogP contribution in [0.3, 0.4) is 0 Å². The molecule has 2 aromatic carbocycles. The molecule has 4 fully saturated rings. The molecule has 0 bridgehead atoms. The molecule has 8 rings (SSSR count). The number of nitrogens with zero attached hydrogens (tertiary/aromatic N) is 4. The molecule has 24 heteroatoms. The molecule has 24 nitrogen and oxygen atoms in total. The molecule has 4 aliphatic rings. The van der Waals surface area contributed by atoms with Gasteiger partial charge in [0.25, 0.3) is 0 Å². The Labute approximate surface area is 482 Å². The number of benzene rings is 2. The number of esters is 1. The summed E-state index contributed by atoms with van der Waals surface area (Å²) in [5.74, 6) is -3.48. The topological polar surface area (TPSA) is 337 Å². The van der Waals surface area contributed by atoms with Crippen molar-refractivity contribution in [3.8, 4) is 0 Å². The zero-order valence-electron chi connectivity index (χ0n) is 47.4. The predicted octanol–water partition coefficient (Wildman–Crippen LogP) is 3.29. The Balaban J connectivity index is 0.899. The van der Waals surface area contributed by atoms with Gasteiger partial charge < -0.3 is 84.2 Å². The number of amides is 1. The number of hydrogen-bond donors (Lipinski definition) is 8. The van der Waals surface area contributed by atoms with E-state index in [2.05, 4.69) is 20.2 Å². The molecular weight excluding hydrogens is 1080 g/mol. The summed E-state index contributed by atoms with van der Waals surface area (Å²) in [6.45, 7) is 5.38. The van der Waals surface area contributed by atoms with Crippen molar-refractivity contribution in [2.24, 2.45) is 23.5 Å². The van der Waals surface area contributed by atoms with E-state index >= 15 is 0 Å². The van der Waals surface area contributed by atoms with Crippen molar-refractivity contribution in [2.75, 3.05) is 44.9 Å². The van der Waals surface area contributed by atoms with Crippen LogP contribution in [-0.2, 0) is 71.8 Å². The quantitative estimate of drug-likeness (QED) is 0.0274. The SMILES string of the molecule is CC1O[C@@H](O[C@@H]2C(C)CC(C(=O)CCCCc3cn(CCCn4ccc5cc(NC(=O)COCCOCCN)ccc54)nn3)C[C@H]2O[C@@H]2O[C@@H](CO)[C@H](O)C(O[C@@H](CC3CCCCC3)C(=O)O)C2OC(=O)c2ccccc2)C(O)[C@@H](O)[C@@H]1O. The first-order valence-corrected chi connectivity index (χ1v) is 29.4. The van der Waals surface area contributed by atoms with Crippen molar-refractivity contribution in [2.45, 2.75) is 190 Å². The largest absolute Gasteiger partial charge is 0.479 e. The number of carboxylic acid groups (broad SMARTS) is 1. The van der Waals surface area contributed by atoms with E-state index in [1.807, 2.05) is 43.6 Å². The standard InChI is InChI=1S/C59H84N6O18/c1-35-28-40(44(67)17-10-9-16-42-32-65(63-62-42)23-11-22-64-24-20-39-30-41(18-19-43(39)64)61-48(68)34-77-27-26-76-25-21-60)31-45(53(35)83-58-52(72)51(71)49(69)36(2)78-58)80-59-55(82-57(75)38-14-7-4-8-15-38)54(50(70)47(33-66)81-59)79-46(56(73)74)29-37-12-5-3-6-13-37/h4,7-8,14-15,18-20,24,30,32,35-37,40,45-47,49-55,58-59,66,69-72H,3,5-6,9-13,16-17,21-23,25-29,31,33-34,60H2,1-2H3,(H,61,68)(H,73,74)/t35?,36?,40?,45-,46+,47+,49-,50+,51+,52?,53-,54?,55?,58+,59-/m1/s1. The van der Waals surface area contributed by atoms with Gasteiger partial charge in [0, 0.05) is 61.0 Å². The highest BCUT2D eigenvalue weighted by Gasteiger charge is 2.54. The number of aromatic nitrogens is 4. The Morgan fingerprint density at radius 1 is 0.819 bits per heavy atom. The maximum Gasteiger partial charge on any atom is 0.338 e. The minimum atomic E-state index is -1.69. The van der Waals surface area contributed by atoms with Crippen molar-refractivity contribution >= 4 is 40.2 Å². The molecule has 6 unspecified atom stereocenters. The van der Waals surface area contributed by atoms with E-state index in [1.165, 1.54) is 19.1 Å². The summed E-state index contributed by atoms with van der Waals surface area (Å²) in [5.41, 5.74) is 8.02. The van der Waals surface area contributed by atoms with E-state index in [9.17, 15) is 49.8 Å². The number of carboxylic acids is 1. The molecule has 0 spiro atoms. The molecule has 2 aliphatic carbocycles. The van der Waals surface area contributed by atoms with Crippen LogP contribution in [0.5, 0.6) is 0 Å². The maximum absolute atomic E-state index is 14.3. The van der Waals surface area contributed by atoms with E-state index in [0.29, 0.717) is 64.3 Å². The zero-order chi connectivity index (χ0) is 59.0. The fourth-order valence-corrected chi connectivity index (χ4v) is 11.8. The second kappa shape index (κ2) is 31.2. The first kappa shape index (κ1) is 63.7. The first-order valence-electron chi connectivity index (χ1n) is 29.4. The minimum absolute atomic E-state index is 0.0314.